The fourth-order valence-corrected chi connectivity index (χ4v) is 5.46. The zero-order chi connectivity index (χ0) is 20.8. The van der Waals surface area contributed by atoms with Crippen molar-refractivity contribution in [1.82, 2.24) is 10.2 Å². The summed E-state index contributed by atoms with van der Waals surface area (Å²) in [5.41, 5.74) is 1.88. The molecule has 0 spiro atoms. The van der Waals surface area contributed by atoms with Crippen LogP contribution in [-0.4, -0.2) is 66.6 Å². The van der Waals surface area contributed by atoms with Crippen molar-refractivity contribution in [3.05, 3.63) is 65.7 Å². The van der Waals surface area contributed by atoms with Crippen LogP contribution in [0.25, 0.3) is 0 Å². The molecule has 0 bridgehead atoms. The molecule has 2 aromatic rings. The van der Waals surface area contributed by atoms with Crippen molar-refractivity contribution in [2.24, 2.45) is 0 Å². The van der Waals surface area contributed by atoms with E-state index in [0.717, 1.165) is 44.2 Å². The van der Waals surface area contributed by atoms with Gasteiger partial charge < -0.3 is 15.4 Å². The maximum Gasteiger partial charge on any atom is 0.255 e. The van der Waals surface area contributed by atoms with E-state index in [1.807, 2.05) is 30.0 Å². The van der Waals surface area contributed by atoms with Crippen LogP contribution in [0, 0.1) is 0 Å². The lowest BCUT2D eigenvalue weighted by Crippen LogP contribution is -2.59. The van der Waals surface area contributed by atoms with E-state index in [2.05, 4.69) is 15.5 Å². The number of hydrogen-bond acceptors (Lipinski definition) is 5. The third kappa shape index (κ3) is 4.86. The first kappa shape index (κ1) is 20.9. The highest BCUT2D eigenvalue weighted by atomic mass is 32.2. The molecular weight excluding hydrogens is 398 g/mol. The van der Waals surface area contributed by atoms with Gasteiger partial charge >= 0.3 is 0 Å². The highest BCUT2D eigenvalue weighted by Crippen LogP contribution is 2.33. The van der Waals surface area contributed by atoms with Gasteiger partial charge in [-0.1, -0.05) is 18.2 Å². The van der Waals surface area contributed by atoms with E-state index < -0.39 is 0 Å². The van der Waals surface area contributed by atoms with Crippen LogP contribution < -0.4 is 10.6 Å². The van der Waals surface area contributed by atoms with Gasteiger partial charge in [0.1, 0.15) is 0 Å². The summed E-state index contributed by atoms with van der Waals surface area (Å²) in [6.45, 7) is 4.01. The molecule has 2 aliphatic heterocycles. The third-order valence-electron chi connectivity index (χ3n) is 5.78. The maximum atomic E-state index is 12.7. The molecular formula is C23H27N3O3S. The van der Waals surface area contributed by atoms with Crippen LogP contribution in [0.1, 0.15) is 27.1 Å². The summed E-state index contributed by atoms with van der Waals surface area (Å²) in [6.07, 6.45) is 1.09. The molecule has 0 radical (unpaired) electrons. The lowest BCUT2D eigenvalue weighted by Gasteiger charge is -2.43. The van der Waals surface area contributed by atoms with Crippen LogP contribution in [0.4, 0.5) is 5.69 Å². The normalized spacial score (nSPS) is 21.9. The lowest BCUT2D eigenvalue weighted by molar-refractivity contribution is -0.0129. The third-order valence-corrected chi connectivity index (χ3v) is 7.02. The minimum Gasteiger partial charge on any atom is -0.379 e. The van der Waals surface area contributed by atoms with Gasteiger partial charge in [0.25, 0.3) is 11.8 Å². The van der Waals surface area contributed by atoms with E-state index in [4.69, 9.17) is 4.74 Å². The van der Waals surface area contributed by atoms with Crippen molar-refractivity contribution >= 4 is 29.3 Å². The minimum absolute atomic E-state index is 0.0215. The van der Waals surface area contributed by atoms with Crippen LogP contribution in [0.3, 0.4) is 0 Å². The standard InChI is InChI=1S/C23H27N3O3S/c27-21(24-16-23(10-15-30-17-23)26-11-13-29-14-12-26)19-6-8-20(9-7-19)25-22(28)18-4-2-1-3-5-18/h1-9H,10-17H2,(H,24,27)(H,25,28). The predicted molar refractivity (Wildman–Crippen MR) is 120 cm³/mol. The van der Waals surface area contributed by atoms with Crippen LogP contribution in [-0.2, 0) is 4.74 Å². The molecule has 7 heteroatoms. The smallest absolute Gasteiger partial charge is 0.255 e. The number of hydrogen-bond donors (Lipinski definition) is 2. The Hall–Kier alpha value is -2.35. The first-order chi connectivity index (χ1) is 14.7. The highest BCUT2D eigenvalue weighted by Gasteiger charge is 2.40. The zero-order valence-corrected chi connectivity index (χ0v) is 17.7. The Bertz CT molecular complexity index is 861. The monoisotopic (exact) mass is 425 g/mol. The topological polar surface area (TPSA) is 70.7 Å². The van der Waals surface area contributed by atoms with Gasteiger partial charge in [-0.15, -0.1) is 0 Å². The Kier molecular flexibility index (Phi) is 6.72. The summed E-state index contributed by atoms with van der Waals surface area (Å²) in [4.78, 5) is 27.5. The van der Waals surface area contributed by atoms with Crippen molar-refractivity contribution in [3.8, 4) is 0 Å². The fourth-order valence-electron chi connectivity index (χ4n) is 3.98. The number of morpholine rings is 1. The minimum atomic E-state index is -0.168. The Morgan fingerprint density at radius 1 is 0.967 bits per heavy atom. The number of nitrogens with zero attached hydrogens (tertiary/aromatic N) is 1. The molecule has 6 nitrogen and oxygen atoms in total. The summed E-state index contributed by atoms with van der Waals surface area (Å²) in [6, 6.07) is 16.1. The van der Waals surface area contributed by atoms with Crippen molar-refractivity contribution < 1.29 is 14.3 Å². The Morgan fingerprint density at radius 2 is 1.67 bits per heavy atom. The fraction of sp³-hybridized carbons (Fsp3) is 0.391. The van der Waals surface area contributed by atoms with Gasteiger partial charge in [-0.2, -0.15) is 11.8 Å². The summed E-state index contributed by atoms with van der Waals surface area (Å²) >= 11 is 1.95. The number of benzene rings is 2. The van der Waals surface area contributed by atoms with Gasteiger partial charge in [-0.25, -0.2) is 0 Å². The Morgan fingerprint density at radius 3 is 2.33 bits per heavy atom. The maximum absolute atomic E-state index is 12.7. The number of carbonyl (C=O) groups excluding carboxylic acids is 2. The summed E-state index contributed by atoms with van der Waals surface area (Å²) in [7, 11) is 0. The zero-order valence-electron chi connectivity index (χ0n) is 16.9. The number of rotatable bonds is 6. The van der Waals surface area contributed by atoms with Gasteiger partial charge in [-0.3, -0.25) is 14.5 Å². The Labute approximate surface area is 181 Å². The van der Waals surface area contributed by atoms with Gasteiger partial charge in [-0.05, 0) is 48.6 Å². The van der Waals surface area contributed by atoms with E-state index in [-0.39, 0.29) is 17.4 Å². The number of nitrogens with one attached hydrogen (secondary N) is 2. The molecule has 2 saturated heterocycles. The van der Waals surface area contributed by atoms with E-state index in [9.17, 15) is 9.59 Å². The second-order valence-corrected chi connectivity index (χ2v) is 8.81. The van der Waals surface area contributed by atoms with E-state index in [1.54, 1.807) is 36.4 Å². The summed E-state index contributed by atoms with van der Waals surface area (Å²) < 4.78 is 5.50. The SMILES string of the molecule is O=C(NCC1(N2CCOCC2)CCSC1)c1ccc(NC(=O)c2ccccc2)cc1. The molecule has 2 fully saturated rings. The second kappa shape index (κ2) is 9.64. The van der Waals surface area contributed by atoms with Crippen molar-refractivity contribution in [3.63, 3.8) is 0 Å². The molecule has 2 aromatic carbocycles. The number of anilines is 1. The van der Waals surface area contributed by atoms with Gasteiger partial charge in [0, 0.05) is 47.7 Å². The van der Waals surface area contributed by atoms with Crippen LogP contribution >= 0.6 is 11.8 Å². The molecule has 0 aliphatic carbocycles. The summed E-state index contributed by atoms with van der Waals surface area (Å²) in [5.74, 6) is 1.92. The number of ether oxygens (including phenoxy) is 1. The van der Waals surface area contributed by atoms with E-state index in [1.165, 1.54) is 0 Å². The molecule has 1 unspecified atom stereocenters. The van der Waals surface area contributed by atoms with Crippen LogP contribution in [0.15, 0.2) is 54.6 Å². The number of carbonyl (C=O) groups is 2. The van der Waals surface area contributed by atoms with E-state index >= 15 is 0 Å². The van der Waals surface area contributed by atoms with Gasteiger partial charge in [0.2, 0.25) is 0 Å². The highest BCUT2D eigenvalue weighted by molar-refractivity contribution is 7.99. The second-order valence-electron chi connectivity index (χ2n) is 7.71. The van der Waals surface area contributed by atoms with E-state index in [0.29, 0.717) is 23.4 Å². The van der Waals surface area contributed by atoms with Crippen molar-refractivity contribution in [2.75, 3.05) is 49.7 Å². The molecule has 30 heavy (non-hydrogen) atoms. The molecule has 2 N–H and O–H groups in total. The molecule has 2 amide bonds. The number of thioether (sulfide) groups is 1. The molecule has 2 aliphatic rings. The van der Waals surface area contributed by atoms with Crippen molar-refractivity contribution in [2.45, 2.75) is 12.0 Å². The van der Waals surface area contributed by atoms with Gasteiger partial charge in [0.05, 0.1) is 13.2 Å². The Balaban J connectivity index is 1.35. The predicted octanol–water partition coefficient (Wildman–Crippen LogP) is 2.88. The molecule has 1 atom stereocenters. The first-order valence-corrected chi connectivity index (χ1v) is 11.5. The molecule has 0 saturated carbocycles. The van der Waals surface area contributed by atoms with Crippen LogP contribution in [0.2, 0.25) is 0 Å². The molecule has 2 heterocycles. The average Bonchev–Trinajstić information content (AvgIpc) is 3.29. The number of amides is 2. The lowest BCUT2D eigenvalue weighted by atomic mass is 9.95. The first-order valence-electron chi connectivity index (χ1n) is 10.3. The molecule has 4 rings (SSSR count). The molecule has 0 aromatic heterocycles. The van der Waals surface area contributed by atoms with Crippen LogP contribution in [0.5, 0.6) is 0 Å². The van der Waals surface area contributed by atoms with Crippen molar-refractivity contribution in [1.29, 1.82) is 0 Å². The quantitative estimate of drug-likeness (QED) is 0.745. The van der Waals surface area contributed by atoms with Gasteiger partial charge in [0.15, 0.2) is 0 Å². The summed E-state index contributed by atoms with van der Waals surface area (Å²) in [5, 5.41) is 6.00. The molecule has 158 valence electrons. The largest absolute Gasteiger partial charge is 0.379 e. The average molecular weight is 426 g/mol.